The van der Waals surface area contributed by atoms with E-state index in [0.29, 0.717) is 35.0 Å². The fourth-order valence-electron chi connectivity index (χ4n) is 3.46. The minimum Gasteiger partial charge on any atom is -0.493 e. The fourth-order valence-corrected chi connectivity index (χ4v) is 3.46. The third kappa shape index (κ3) is 4.55. The van der Waals surface area contributed by atoms with E-state index in [1.807, 2.05) is 0 Å². The molecule has 1 aliphatic rings. The van der Waals surface area contributed by atoms with E-state index in [0.717, 1.165) is 12.8 Å². The summed E-state index contributed by atoms with van der Waals surface area (Å²) in [6.07, 6.45) is 4.33. The number of methoxy groups -OCH3 is 1. The number of carboxylic acids is 1. The van der Waals surface area contributed by atoms with Crippen molar-refractivity contribution in [2.45, 2.75) is 19.1 Å². The highest BCUT2D eigenvalue weighted by atomic mass is 16.7. The number of amides is 1. The standard InChI is InChI=1S/C24H22N2O6/c1-30-20-8-7-19(15-21(20)32-22-6-3-13-31-22)26(23(27)16-9-11-25-12-10-16)18-5-2-4-17(14-18)24(28)29/h2,4-5,7-12,14-15,22H,3,6,13H2,1H3,(H,28,29). The SMILES string of the molecule is COc1ccc(N(C(=O)c2ccncc2)c2cccc(C(=O)O)c2)cc1OC1CCCO1. The average molecular weight is 434 g/mol. The van der Waals surface area contributed by atoms with Crippen molar-refractivity contribution in [1.29, 1.82) is 0 Å². The van der Waals surface area contributed by atoms with Crippen LogP contribution in [0.1, 0.15) is 33.6 Å². The second kappa shape index (κ2) is 9.49. The number of hydrogen-bond acceptors (Lipinski definition) is 6. The van der Waals surface area contributed by atoms with E-state index in [1.54, 1.807) is 42.5 Å². The Hall–Kier alpha value is -3.91. The van der Waals surface area contributed by atoms with Crippen LogP contribution in [0.2, 0.25) is 0 Å². The molecule has 0 bridgehead atoms. The van der Waals surface area contributed by atoms with Crippen molar-refractivity contribution in [3.63, 3.8) is 0 Å². The highest BCUT2D eigenvalue weighted by Crippen LogP contribution is 2.37. The smallest absolute Gasteiger partial charge is 0.335 e. The monoisotopic (exact) mass is 434 g/mol. The molecule has 1 atom stereocenters. The summed E-state index contributed by atoms with van der Waals surface area (Å²) in [4.78, 5) is 30.4. The Kier molecular flexibility index (Phi) is 6.32. The van der Waals surface area contributed by atoms with Gasteiger partial charge in [-0.1, -0.05) is 6.07 Å². The largest absolute Gasteiger partial charge is 0.493 e. The minimum atomic E-state index is -1.08. The molecule has 1 unspecified atom stereocenters. The quantitative estimate of drug-likeness (QED) is 0.593. The zero-order valence-electron chi connectivity index (χ0n) is 17.4. The molecule has 2 heterocycles. The Bertz CT molecular complexity index is 1110. The Balaban J connectivity index is 1.80. The van der Waals surface area contributed by atoms with E-state index in [4.69, 9.17) is 14.2 Å². The van der Waals surface area contributed by atoms with Crippen LogP contribution in [0.15, 0.2) is 67.0 Å². The lowest BCUT2D eigenvalue weighted by Gasteiger charge is -2.25. The third-order valence-corrected chi connectivity index (χ3v) is 5.03. The van der Waals surface area contributed by atoms with Gasteiger partial charge >= 0.3 is 5.97 Å². The summed E-state index contributed by atoms with van der Waals surface area (Å²) in [5.41, 5.74) is 1.36. The van der Waals surface area contributed by atoms with Crippen molar-refractivity contribution in [1.82, 2.24) is 4.98 Å². The molecule has 2 aromatic carbocycles. The lowest BCUT2D eigenvalue weighted by atomic mass is 10.1. The van der Waals surface area contributed by atoms with E-state index in [2.05, 4.69) is 4.98 Å². The van der Waals surface area contributed by atoms with Gasteiger partial charge in [0.15, 0.2) is 17.8 Å². The third-order valence-electron chi connectivity index (χ3n) is 5.03. The lowest BCUT2D eigenvalue weighted by Crippen LogP contribution is -2.26. The number of anilines is 2. The molecule has 32 heavy (non-hydrogen) atoms. The molecule has 0 radical (unpaired) electrons. The van der Waals surface area contributed by atoms with Crippen LogP contribution in [0.3, 0.4) is 0 Å². The molecule has 0 spiro atoms. The predicted molar refractivity (Wildman–Crippen MR) is 117 cm³/mol. The van der Waals surface area contributed by atoms with Gasteiger partial charge in [-0.25, -0.2) is 4.79 Å². The van der Waals surface area contributed by atoms with Gasteiger partial charge in [-0.3, -0.25) is 14.7 Å². The second-order valence-corrected chi connectivity index (χ2v) is 7.13. The van der Waals surface area contributed by atoms with Crippen molar-refractivity contribution < 1.29 is 28.9 Å². The molecule has 1 amide bonds. The van der Waals surface area contributed by atoms with Crippen LogP contribution in [-0.2, 0) is 4.74 Å². The van der Waals surface area contributed by atoms with E-state index in [9.17, 15) is 14.7 Å². The Morgan fingerprint density at radius 3 is 2.50 bits per heavy atom. The van der Waals surface area contributed by atoms with Gasteiger partial charge in [0, 0.05) is 30.4 Å². The minimum absolute atomic E-state index is 0.0689. The number of carbonyl (C=O) groups excluding carboxylic acids is 1. The number of ether oxygens (including phenoxy) is 3. The normalized spacial score (nSPS) is 15.2. The summed E-state index contributed by atoms with van der Waals surface area (Å²) in [6.45, 7) is 0.626. The van der Waals surface area contributed by atoms with Gasteiger partial charge in [-0.05, 0) is 48.9 Å². The summed E-state index contributed by atoms with van der Waals surface area (Å²) >= 11 is 0. The molecule has 1 saturated heterocycles. The van der Waals surface area contributed by atoms with Crippen LogP contribution in [-0.4, -0.2) is 42.0 Å². The predicted octanol–water partition coefficient (Wildman–Crippen LogP) is 4.28. The van der Waals surface area contributed by atoms with Gasteiger partial charge in [0.1, 0.15) is 0 Å². The van der Waals surface area contributed by atoms with Gasteiger partial charge in [-0.2, -0.15) is 0 Å². The second-order valence-electron chi connectivity index (χ2n) is 7.13. The van der Waals surface area contributed by atoms with Crippen molar-refractivity contribution >= 4 is 23.3 Å². The maximum atomic E-state index is 13.5. The maximum Gasteiger partial charge on any atom is 0.335 e. The topological polar surface area (TPSA) is 98.2 Å². The number of hydrogen-bond donors (Lipinski definition) is 1. The first-order chi connectivity index (χ1) is 15.6. The summed E-state index contributed by atoms with van der Waals surface area (Å²) in [6, 6.07) is 14.5. The number of rotatable bonds is 7. The molecule has 4 rings (SSSR count). The maximum absolute atomic E-state index is 13.5. The molecule has 164 valence electrons. The highest BCUT2D eigenvalue weighted by Gasteiger charge is 2.24. The number of pyridine rings is 1. The Morgan fingerprint density at radius 2 is 1.81 bits per heavy atom. The summed E-state index contributed by atoms with van der Waals surface area (Å²) < 4.78 is 17.0. The van der Waals surface area contributed by atoms with E-state index in [1.165, 1.54) is 36.5 Å². The number of aromatic nitrogens is 1. The van der Waals surface area contributed by atoms with Crippen molar-refractivity contribution in [3.8, 4) is 11.5 Å². The lowest BCUT2D eigenvalue weighted by molar-refractivity contribution is -0.0402. The highest BCUT2D eigenvalue weighted by molar-refractivity contribution is 6.11. The number of carbonyl (C=O) groups is 2. The molecule has 1 aliphatic heterocycles. The van der Waals surface area contributed by atoms with Gasteiger partial charge in [-0.15, -0.1) is 0 Å². The molecule has 1 fully saturated rings. The van der Waals surface area contributed by atoms with Crippen molar-refractivity contribution in [2.24, 2.45) is 0 Å². The van der Waals surface area contributed by atoms with E-state index in [-0.39, 0.29) is 17.8 Å². The van der Waals surface area contributed by atoms with Crippen LogP contribution in [0.25, 0.3) is 0 Å². The Morgan fingerprint density at radius 1 is 1.03 bits per heavy atom. The van der Waals surface area contributed by atoms with Gasteiger partial charge in [0.05, 0.1) is 30.7 Å². The van der Waals surface area contributed by atoms with Gasteiger partial charge in [0.25, 0.3) is 5.91 Å². The molecule has 8 nitrogen and oxygen atoms in total. The van der Waals surface area contributed by atoms with Crippen LogP contribution < -0.4 is 14.4 Å². The number of nitrogens with zero attached hydrogens (tertiary/aromatic N) is 2. The van der Waals surface area contributed by atoms with Crippen LogP contribution in [0.5, 0.6) is 11.5 Å². The molecule has 1 N–H and O–H groups in total. The van der Waals surface area contributed by atoms with Gasteiger partial charge < -0.3 is 19.3 Å². The first-order valence-electron chi connectivity index (χ1n) is 10.1. The molecule has 0 saturated carbocycles. The molecule has 0 aliphatic carbocycles. The van der Waals surface area contributed by atoms with Crippen LogP contribution in [0, 0.1) is 0 Å². The molecule has 1 aromatic heterocycles. The zero-order valence-corrected chi connectivity index (χ0v) is 17.4. The zero-order chi connectivity index (χ0) is 22.5. The number of carboxylic acid groups (broad SMARTS) is 1. The van der Waals surface area contributed by atoms with Crippen LogP contribution >= 0.6 is 0 Å². The fraction of sp³-hybridized carbons (Fsp3) is 0.208. The summed E-state index contributed by atoms with van der Waals surface area (Å²) in [5.74, 6) is -0.498. The van der Waals surface area contributed by atoms with Crippen molar-refractivity contribution in [2.75, 3.05) is 18.6 Å². The van der Waals surface area contributed by atoms with E-state index >= 15 is 0 Å². The molecular formula is C24H22N2O6. The molecular weight excluding hydrogens is 412 g/mol. The van der Waals surface area contributed by atoms with Crippen LogP contribution in [0.4, 0.5) is 11.4 Å². The first kappa shape index (κ1) is 21.3. The molecule has 8 heteroatoms. The number of aromatic carboxylic acids is 1. The van der Waals surface area contributed by atoms with Crippen molar-refractivity contribution in [3.05, 3.63) is 78.1 Å². The Labute approximate surface area is 185 Å². The number of benzene rings is 2. The van der Waals surface area contributed by atoms with Gasteiger partial charge in [0.2, 0.25) is 0 Å². The average Bonchev–Trinajstić information content (AvgIpc) is 3.33. The summed E-state index contributed by atoms with van der Waals surface area (Å²) in [7, 11) is 1.54. The summed E-state index contributed by atoms with van der Waals surface area (Å²) in [5, 5.41) is 9.43. The first-order valence-corrected chi connectivity index (χ1v) is 10.1. The van der Waals surface area contributed by atoms with E-state index < -0.39 is 5.97 Å². The molecule has 3 aromatic rings.